The molecule has 0 aliphatic carbocycles. The van der Waals surface area contributed by atoms with E-state index in [1.54, 1.807) is 18.2 Å². The molecule has 1 amide bonds. The number of nitrogens with one attached hydrogen (secondary N) is 1. The van der Waals surface area contributed by atoms with Gasteiger partial charge in [0.15, 0.2) is 0 Å². The van der Waals surface area contributed by atoms with Crippen LogP contribution in [0.5, 0.6) is 0 Å². The Morgan fingerprint density at radius 2 is 2.18 bits per heavy atom. The topological polar surface area (TPSA) is 58.4 Å². The highest BCUT2D eigenvalue weighted by atomic mass is 19.1. The lowest BCUT2D eigenvalue weighted by molar-refractivity contribution is -0.120. The minimum Gasteiger partial charge on any atom is -0.361 e. The van der Waals surface area contributed by atoms with Gasteiger partial charge in [-0.15, -0.1) is 0 Å². The number of halogens is 1. The number of hydrogen-bond acceptors (Lipinski definition) is 4. The summed E-state index contributed by atoms with van der Waals surface area (Å²) in [7, 11) is 1.95. The molecule has 6 heteroatoms. The zero-order chi connectivity index (χ0) is 15.7. The number of aryl methyl sites for hydroxylation is 1. The minimum atomic E-state index is -0.436. The zero-order valence-corrected chi connectivity index (χ0v) is 12.5. The highest BCUT2D eigenvalue weighted by Crippen LogP contribution is 2.33. The van der Waals surface area contributed by atoms with Crippen molar-refractivity contribution in [2.75, 3.05) is 25.5 Å². The summed E-state index contributed by atoms with van der Waals surface area (Å²) in [6, 6.07) is 8.02. The van der Waals surface area contributed by atoms with E-state index < -0.39 is 5.82 Å². The molecule has 1 N–H and O–H groups in total. The molecule has 1 fully saturated rings. The quantitative estimate of drug-likeness (QED) is 0.946. The maximum absolute atomic E-state index is 13.7. The van der Waals surface area contributed by atoms with Gasteiger partial charge in [-0.1, -0.05) is 17.3 Å². The van der Waals surface area contributed by atoms with E-state index >= 15 is 0 Å². The van der Waals surface area contributed by atoms with Crippen LogP contribution in [0.25, 0.3) is 0 Å². The van der Waals surface area contributed by atoms with Crippen molar-refractivity contribution in [1.29, 1.82) is 0 Å². The second-order valence-corrected chi connectivity index (χ2v) is 5.77. The fourth-order valence-electron chi connectivity index (χ4n) is 2.90. The van der Waals surface area contributed by atoms with Crippen molar-refractivity contribution < 1.29 is 13.7 Å². The summed E-state index contributed by atoms with van der Waals surface area (Å²) < 4.78 is 19.0. The summed E-state index contributed by atoms with van der Waals surface area (Å²) in [6.07, 6.45) is 0. The van der Waals surface area contributed by atoms with E-state index in [1.807, 2.05) is 20.0 Å². The third-order valence-corrected chi connectivity index (χ3v) is 3.98. The number of carbonyl (C=O) groups is 1. The van der Waals surface area contributed by atoms with Crippen molar-refractivity contribution in [2.45, 2.75) is 12.8 Å². The van der Waals surface area contributed by atoms with Gasteiger partial charge >= 0.3 is 0 Å². The number of aromatic nitrogens is 1. The molecule has 2 heterocycles. The molecule has 2 aromatic rings. The van der Waals surface area contributed by atoms with Crippen LogP contribution in [0, 0.1) is 18.7 Å². The highest BCUT2D eigenvalue weighted by Gasteiger charge is 2.39. The lowest BCUT2D eigenvalue weighted by Gasteiger charge is -2.16. The molecule has 1 aliphatic heterocycles. The van der Waals surface area contributed by atoms with Crippen LogP contribution in [0.3, 0.4) is 0 Å². The molecule has 5 nitrogen and oxygen atoms in total. The van der Waals surface area contributed by atoms with Crippen LogP contribution in [0.15, 0.2) is 34.9 Å². The van der Waals surface area contributed by atoms with Crippen LogP contribution in [0.2, 0.25) is 0 Å². The molecule has 0 unspecified atom stereocenters. The number of rotatable bonds is 3. The molecule has 0 radical (unpaired) electrons. The number of likely N-dealkylation sites (tertiary alicyclic amines) is 1. The predicted octanol–water partition coefficient (Wildman–Crippen LogP) is 2.41. The van der Waals surface area contributed by atoms with E-state index in [0.717, 1.165) is 5.69 Å². The first-order valence-corrected chi connectivity index (χ1v) is 7.21. The Labute approximate surface area is 128 Å². The minimum absolute atomic E-state index is 0.0713. The first kappa shape index (κ1) is 14.7. The van der Waals surface area contributed by atoms with E-state index in [2.05, 4.69) is 15.4 Å². The monoisotopic (exact) mass is 303 g/mol. The van der Waals surface area contributed by atoms with E-state index in [4.69, 9.17) is 4.52 Å². The Morgan fingerprint density at radius 1 is 1.41 bits per heavy atom. The van der Waals surface area contributed by atoms with Crippen molar-refractivity contribution in [3.63, 3.8) is 0 Å². The van der Waals surface area contributed by atoms with Crippen LogP contribution >= 0.6 is 0 Å². The molecular weight excluding hydrogens is 285 g/mol. The number of para-hydroxylation sites is 1. The van der Waals surface area contributed by atoms with E-state index in [0.29, 0.717) is 18.8 Å². The molecule has 22 heavy (non-hydrogen) atoms. The molecule has 0 spiro atoms. The molecule has 1 aliphatic rings. The van der Waals surface area contributed by atoms with Gasteiger partial charge in [0.2, 0.25) is 5.91 Å². The Hall–Kier alpha value is -2.21. The normalized spacial score (nSPS) is 22.0. The Morgan fingerprint density at radius 3 is 2.86 bits per heavy atom. The molecule has 1 saturated heterocycles. The summed E-state index contributed by atoms with van der Waals surface area (Å²) in [6.45, 7) is 3.16. The molecule has 1 aromatic heterocycles. The molecule has 116 valence electrons. The third kappa shape index (κ3) is 2.87. The van der Waals surface area contributed by atoms with Crippen molar-refractivity contribution in [1.82, 2.24) is 10.1 Å². The van der Waals surface area contributed by atoms with Crippen molar-refractivity contribution in [3.05, 3.63) is 47.6 Å². The fourth-order valence-corrected chi connectivity index (χ4v) is 2.90. The highest BCUT2D eigenvalue weighted by molar-refractivity contribution is 5.93. The van der Waals surface area contributed by atoms with Crippen LogP contribution in [-0.2, 0) is 4.79 Å². The first-order valence-electron chi connectivity index (χ1n) is 7.21. The van der Waals surface area contributed by atoms with E-state index in [1.165, 1.54) is 6.07 Å². The van der Waals surface area contributed by atoms with E-state index in [-0.39, 0.29) is 23.4 Å². The number of nitrogens with zero attached hydrogens (tertiary/aromatic N) is 2. The third-order valence-electron chi connectivity index (χ3n) is 3.98. The molecule has 1 aromatic carbocycles. The summed E-state index contributed by atoms with van der Waals surface area (Å²) in [5.41, 5.74) is 0.993. The number of likely N-dealkylation sites (N-methyl/N-ethyl adjacent to an activating group) is 1. The van der Waals surface area contributed by atoms with Gasteiger partial charge in [0.25, 0.3) is 0 Å². The average Bonchev–Trinajstić information content (AvgIpc) is 3.07. The standard InChI is InChI=1S/C16H18FN3O2/c1-10-7-15(22-19-10)11-8-20(2)9-12(11)16(21)18-14-6-4-3-5-13(14)17/h3-7,11-12H,8-9H2,1-2H3,(H,18,21)/t11-,12-/m0/s1. The van der Waals surface area contributed by atoms with Gasteiger partial charge in [-0.05, 0) is 26.1 Å². The zero-order valence-electron chi connectivity index (χ0n) is 12.5. The summed E-state index contributed by atoms with van der Waals surface area (Å²) >= 11 is 0. The van der Waals surface area contributed by atoms with Crippen LogP contribution in [0.1, 0.15) is 17.4 Å². The van der Waals surface area contributed by atoms with Crippen LogP contribution in [0.4, 0.5) is 10.1 Å². The maximum atomic E-state index is 13.7. The van der Waals surface area contributed by atoms with Gasteiger partial charge in [-0.3, -0.25) is 4.79 Å². The van der Waals surface area contributed by atoms with Gasteiger partial charge in [-0.2, -0.15) is 0 Å². The van der Waals surface area contributed by atoms with Crippen molar-refractivity contribution in [2.24, 2.45) is 5.92 Å². The van der Waals surface area contributed by atoms with Crippen molar-refractivity contribution >= 4 is 11.6 Å². The maximum Gasteiger partial charge on any atom is 0.229 e. The first-order chi connectivity index (χ1) is 10.5. The second kappa shape index (κ2) is 5.88. The van der Waals surface area contributed by atoms with Crippen molar-refractivity contribution in [3.8, 4) is 0 Å². The predicted molar refractivity (Wildman–Crippen MR) is 80.0 cm³/mol. The number of anilines is 1. The summed E-state index contributed by atoms with van der Waals surface area (Å²) in [5, 5.41) is 6.57. The number of benzene rings is 1. The smallest absolute Gasteiger partial charge is 0.229 e. The Balaban J connectivity index is 1.79. The lowest BCUT2D eigenvalue weighted by Crippen LogP contribution is -2.28. The summed E-state index contributed by atoms with van der Waals surface area (Å²) in [5.74, 6) is -0.298. The average molecular weight is 303 g/mol. The largest absolute Gasteiger partial charge is 0.361 e. The lowest BCUT2D eigenvalue weighted by atomic mass is 9.92. The van der Waals surface area contributed by atoms with Crippen LogP contribution in [-0.4, -0.2) is 36.1 Å². The molecular formula is C16H18FN3O2. The number of amides is 1. The van der Waals surface area contributed by atoms with Gasteiger partial charge in [-0.25, -0.2) is 4.39 Å². The molecule has 3 rings (SSSR count). The second-order valence-electron chi connectivity index (χ2n) is 5.77. The van der Waals surface area contributed by atoms with Gasteiger partial charge in [0.1, 0.15) is 11.6 Å². The van der Waals surface area contributed by atoms with Gasteiger partial charge < -0.3 is 14.7 Å². The van der Waals surface area contributed by atoms with Gasteiger partial charge in [0, 0.05) is 25.1 Å². The fraction of sp³-hybridized carbons (Fsp3) is 0.375. The Kier molecular flexibility index (Phi) is 3.94. The van der Waals surface area contributed by atoms with E-state index in [9.17, 15) is 9.18 Å². The summed E-state index contributed by atoms with van der Waals surface area (Å²) in [4.78, 5) is 14.6. The van der Waals surface area contributed by atoms with Gasteiger partial charge in [0.05, 0.1) is 17.3 Å². The number of carbonyl (C=O) groups excluding carboxylic acids is 1. The Bertz CT molecular complexity index is 686. The molecule has 0 bridgehead atoms. The van der Waals surface area contributed by atoms with Crippen LogP contribution < -0.4 is 5.32 Å². The molecule has 0 saturated carbocycles. The SMILES string of the molecule is Cc1cc([C@H]2CN(C)C[C@@H]2C(=O)Nc2ccccc2F)on1. The number of hydrogen-bond donors (Lipinski definition) is 1. The molecule has 2 atom stereocenters.